The maximum atomic E-state index is 11.0. The molecule has 1 fully saturated rings. The molecule has 0 bridgehead atoms. The lowest BCUT2D eigenvalue weighted by atomic mass is 9.79. The summed E-state index contributed by atoms with van der Waals surface area (Å²) >= 11 is 0. The average Bonchev–Trinajstić information content (AvgIpc) is 2.49. The molecule has 0 aromatic rings. The first-order valence-electron chi connectivity index (χ1n) is 9.46. The number of hydrogen-bond acceptors (Lipinski definition) is 1. The van der Waals surface area contributed by atoms with Gasteiger partial charge in [-0.3, -0.25) is 4.79 Å². The van der Waals surface area contributed by atoms with Crippen LogP contribution in [0.4, 0.5) is 0 Å². The van der Waals surface area contributed by atoms with Crippen molar-refractivity contribution in [1.82, 2.24) is 0 Å². The quantitative estimate of drug-likeness (QED) is 0.436. The fraction of sp³-hybridized carbons (Fsp3) is 0.947. The fourth-order valence-corrected chi connectivity index (χ4v) is 3.70. The van der Waals surface area contributed by atoms with Gasteiger partial charge in [0.05, 0.1) is 5.92 Å². The first-order chi connectivity index (χ1) is 10.2. The standard InChI is InChI=1S/C19H36O2/c1-2-3-4-5-6-7-8-9-10-11-13-17-14-12-15-18(16-17)19(20)21/h17-18H,2-16H2,1H3,(H,20,21). The zero-order valence-corrected chi connectivity index (χ0v) is 14.1. The molecule has 0 heterocycles. The molecule has 0 saturated heterocycles. The molecule has 2 heteroatoms. The largest absolute Gasteiger partial charge is 0.481 e. The van der Waals surface area contributed by atoms with E-state index in [0.29, 0.717) is 5.92 Å². The van der Waals surface area contributed by atoms with Crippen molar-refractivity contribution in [2.45, 2.75) is 103 Å². The SMILES string of the molecule is CCCCCCCCCCCCC1CCCC(C(=O)O)C1. The highest BCUT2D eigenvalue weighted by molar-refractivity contribution is 5.70. The highest BCUT2D eigenvalue weighted by Crippen LogP contribution is 2.32. The van der Waals surface area contributed by atoms with Crippen molar-refractivity contribution in [2.75, 3.05) is 0 Å². The second-order valence-electron chi connectivity index (χ2n) is 7.04. The number of carboxylic acid groups (broad SMARTS) is 1. The molecule has 21 heavy (non-hydrogen) atoms. The minimum Gasteiger partial charge on any atom is -0.481 e. The van der Waals surface area contributed by atoms with Crippen LogP contribution in [0.5, 0.6) is 0 Å². The van der Waals surface area contributed by atoms with E-state index in [2.05, 4.69) is 6.92 Å². The second-order valence-corrected chi connectivity index (χ2v) is 7.04. The molecule has 1 rings (SSSR count). The molecule has 1 aliphatic carbocycles. The summed E-state index contributed by atoms with van der Waals surface area (Å²) in [7, 11) is 0. The van der Waals surface area contributed by atoms with Gasteiger partial charge in [0.1, 0.15) is 0 Å². The number of hydrogen-bond donors (Lipinski definition) is 1. The summed E-state index contributed by atoms with van der Waals surface area (Å²) in [4.78, 5) is 11.0. The summed E-state index contributed by atoms with van der Waals surface area (Å²) in [6.07, 6.45) is 19.3. The van der Waals surface area contributed by atoms with E-state index in [4.69, 9.17) is 5.11 Å². The molecule has 0 aromatic heterocycles. The monoisotopic (exact) mass is 296 g/mol. The Morgan fingerprint density at radius 3 is 2.05 bits per heavy atom. The van der Waals surface area contributed by atoms with E-state index >= 15 is 0 Å². The van der Waals surface area contributed by atoms with Crippen LogP contribution in [0, 0.1) is 11.8 Å². The molecular weight excluding hydrogens is 260 g/mol. The van der Waals surface area contributed by atoms with E-state index in [1.54, 1.807) is 0 Å². The van der Waals surface area contributed by atoms with Gasteiger partial charge < -0.3 is 5.11 Å². The molecule has 0 aliphatic heterocycles. The van der Waals surface area contributed by atoms with Gasteiger partial charge in [0, 0.05) is 0 Å². The summed E-state index contributed by atoms with van der Waals surface area (Å²) in [5.41, 5.74) is 0. The van der Waals surface area contributed by atoms with Gasteiger partial charge in [0.15, 0.2) is 0 Å². The predicted octanol–water partition coefficient (Wildman–Crippen LogP) is 6.19. The van der Waals surface area contributed by atoms with Gasteiger partial charge in [0.2, 0.25) is 0 Å². The van der Waals surface area contributed by atoms with Gasteiger partial charge in [-0.25, -0.2) is 0 Å². The Morgan fingerprint density at radius 2 is 1.48 bits per heavy atom. The van der Waals surface area contributed by atoms with Crippen LogP contribution in [0.3, 0.4) is 0 Å². The van der Waals surface area contributed by atoms with E-state index in [9.17, 15) is 4.79 Å². The van der Waals surface area contributed by atoms with Crippen molar-refractivity contribution < 1.29 is 9.90 Å². The summed E-state index contributed by atoms with van der Waals surface area (Å²) in [6.45, 7) is 2.27. The van der Waals surface area contributed by atoms with E-state index in [-0.39, 0.29) is 5.92 Å². The van der Waals surface area contributed by atoms with Crippen LogP contribution in [0.15, 0.2) is 0 Å². The van der Waals surface area contributed by atoms with Crippen LogP contribution in [0.1, 0.15) is 103 Å². The zero-order valence-electron chi connectivity index (χ0n) is 14.1. The molecule has 2 atom stereocenters. The summed E-state index contributed by atoms with van der Waals surface area (Å²) in [6, 6.07) is 0. The number of carboxylic acids is 1. The molecule has 0 radical (unpaired) electrons. The third-order valence-corrected chi connectivity index (χ3v) is 5.10. The normalized spacial score (nSPS) is 22.3. The molecule has 0 aromatic carbocycles. The molecular formula is C19H36O2. The van der Waals surface area contributed by atoms with Crippen LogP contribution in [0.2, 0.25) is 0 Å². The van der Waals surface area contributed by atoms with Crippen LogP contribution < -0.4 is 0 Å². The molecule has 124 valence electrons. The van der Waals surface area contributed by atoms with Crippen molar-refractivity contribution in [3.8, 4) is 0 Å². The molecule has 1 N–H and O–H groups in total. The predicted molar refractivity (Wildman–Crippen MR) is 89.5 cm³/mol. The zero-order chi connectivity index (χ0) is 15.3. The van der Waals surface area contributed by atoms with E-state index in [0.717, 1.165) is 19.3 Å². The van der Waals surface area contributed by atoms with Gasteiger partial charge in [-0.05, 0) is 18.8 Å². The Hall–Kier alpha value is -0.530. The first-order valence-corrected chi connectivity index (χ1v) is 9.46. The topological polar surface area (TPSA) is 37.3 Å². The molecule has 1 saturated carbocycles. The average molecular weight is 296 g/mol. The van der Waals surface area contributed by atoms with Crippen molar-refractivity contribution in [3.05, 3.63) is 0 Å². The minimum absolute atomic E-state index is 0.0492. The Balaban J connectivity index is 1.89. The lowest BCUT2D eigenvalue weighted by Gasteiger charge is -2.26. The number of rotatable bonds is 12. The minimum atomic E-state index is -0.567. The molecule has 0 amide bonds. The number of carbonyl (C=O) groups is 1. The Labute approximate surface area is 131 Å². The summed E-state index contributed by atoms with van der Waals surface area (Å²) in [5.74, 6) is 0.0727. The van der Waals surface area contributed by atoms with Crippen molar-refractivity contribution in [3.63, 3.8) is 0 Å². The maximum absolute atomic E-state index is 11.0. The van der Waals surface area contributed by atoms with Crippen LogP contribution in [-0.2, 0) is 4.79 Å². The van der Waals surface area contributed by atoms with Gasteiger partial charge >= 0.3 is 5.97 Å². The van der Waals surface area contributed by atoms with Gasteiger partial charge in [0.25, 0.3) is 0 Å². The van der Waals surface area contributed by atoms with Crippen LogP contribution in [-0.4, -0.2) is 11.1 Å². The summed E-state index contributed by atoms with van der Waals surface area (Å²) < 4.78 is 0. The third kappa shape index (κ3) is 9.16. The number of aliphatic carboxylic acids is 1. The Morgan fingerprint density at radius 1 is 0.905 bits per heavy atom. The van der Waals surface area contributed by atoms with Crippen LogP contribution in [0.25, 0.3) is 0 Å². The van der Waals surface area contributed by atoms with Gasteiger partial charge in [-0.15, -0.1) is 0 Å². The lowest BCUT2D eigenvalue weighted by Crippen LogP contribution is -2.22. The van der Waals surface area contributed by atoms with Gasteiger partial charge in [-0.2, -0.15) is 0 Å². The molecule has 0 spiro atoms. The maximum Gasteiger partial charge on any atom is 0.306 e. The van der Waals surface area contributed by atoms with Crippen molar-refractivity contribution in [1.29, 1.82) is 0 Å². The summed E-state index contributed by atoms with van der Waals surface area (Å²) in [5, 5.41) is 9.10. The van der Waals surface area contributed by atoms with Crippen molar-refractivity contribution in [2.24, 2.45) is 11.8 Å². The molecule has 2 unspecified atom stereocenters. The van der Waals surface area contributed by atoms with E-state index < -0.39 is 5.97 Å². The lowest BCUT2D eigenvalue weighted by molar-refractivity contribution is -0.143. The Bertz CT molecular complexity index is 262. The fourth-order valence-electron chi connectivity index (χ4n) is 3.70. The smallest absolute Gasteiger partial charge is 0.306 e. The molecule has 1 aliphatic rings. The van der Waals surface area contributed by atoms with E-state index in [1.807, 2.05) is 0 Å². The Kier molecular flexibility index (Phi) is 10.6. The third-order valence-electron chi connectivity index (χ3n) is 5.10. The van der Waals surface area contributed by atoms with Gasteiger partial charge in [-0.1, -0.05) is 90.4 Å². The van der Waals surface area contributed by atoms with E-state index in [1.165, 1.54) is 77.0 Å². The van der Waals surface area contributed by atoms with Crippen LogP contribution >= 0.6 is 0 Å². The number of unbranched alkanes of at least 4 members (excludes halogenated alkanes) is 9. The highest BCUT2D eigenvalue weighted by atomic mass is 16.4. The van der Waals surface area contributed by atoms with Crippen molar-refractivity contribution >= 4 is 5.97 Å². The second kappa shape index (κ2) is 12.1. The molecule has 2 nitrogen and oxygen atoms in total. The highest BCUT2D eigenvalue weighted by Gasteiger charge is 2.26. The first kappa shape index (κ1) is 18.5.